The van der Waals surface area contributed by atoms with Crippen molar-refractivity contribution in [1.29, 1.82) is 0 Å². The lowest BCUT2D eigenvalue weighted by Gasteiger charge is -2.28. The van der Waals surface area contributed by atoms with Gasteiger partial charge in [-0.1, -0.05) is 23.8 Å². The smallest absolute Gasteiger partial charge is 0.224 e. The van der Waals surface area contributed by atoms with Gasteiger partial charge in [0.05, 0.1) is 18.6 Å². The van der Waals surface area contributed by atoms with E-state index in [2.05, 4.69) is 11.4 Å². The monoisotopic (exact) mass is 369 g/mol. The Kier molecular flexibility index (Phi) is 5.59. The van der Waals surface area contributed by atoms with Gasteiger partial charge in [0.1, 0.15) is 19.0 Å². The summed E-state index contributed by atoms with van der Waals surface area (Å²) in [6, 6.07) is 11.8. The lowest BCUT2D eigenvalue weighted by molar-refractivity contribution is -0.123. The first-order chi connectivity index (χ1) is 12.8. The van der Waals surface area contributed by atoms with Gasteiger partial charge in [-0.3, -0.25) is 4.79 Å². The van der Waals surface area contributed by atoms with Gasteiger partial charge in [-0.15, -0.1) is 0 Å². The molecule has 2 aromatic carbocycles. The fourth-order valence-electron chi connectivity index (χ4n) is 3.13. The molecule has 0 unspecified atom stereocenters. The molecule has 2 aromatic rings. The highest BCUT2D eigenvalue weighted by Gasteiger charge is 2.25. The Hall–Kier alpha value is -2.69. The molecule has 0 saturated carbocycles. The molecule has 3 rings (SSSR count). The van der Waals surface area contributed by atoms with Gasteiger partial charge in [0, 0.05) is 0 Å². The second kappa shape index (κ2) is 7.91. The van der Waals surface area contributed by atoms with Gasteiger partial charge in [0.2, 0.25) is 5.91 Å². The van der Waals surface area contributed by atoms with E-state index < -0.39 is 5.54 Å². The third-order valence-corrected chi connectivity index (χ3v) is 4.63. The minimum atomic E-state index is -0.521. The highest BCUT2D eigenvalue weighted by Crippen LogP contribution is 2.34. The average molecular weight is 369 g/mol. The summed E-state index contributed by atoms with van der Waals surface area (Å²) in [5.41, 5.74) is 2.72. The fourth-order valence-corrected chi connectivity index (χ4v) is 3.13. The summed E-state index contributed by atoms with van der Waals surface area (Å²) in [4.78, 5) is 12.4. The van der Waals surface area contributed by atoms with Crippen LogP contribution in [-0.4, -0.2) is 25.7 Å². The number of benzene rings is 2. The molecule has 1 N–H and O–H groups in total. The van der Waals surface area contributed by atoms with E-state index >= 15 is 0 Å². The second-order valence-electron chi connectivity index (χ2n) is 7.40. The Balaban J connectivity index is 1.56. The Labute approximate surface area is 160 Å². The van der Waals surface area contributed by atoms with E-state index in [1.54, 1.807) is 0 Å². The quantitative estimate of drug-likeness (QED) is 0.839. The summed E-state index contributed by atoms with van der Waals surface area (Å²) in [6.45, 7) is 9.44. The number of hydrogen-bond donors (Lipinski definition) is 1. The molecule has 1 aliphatic heterocycles. The highest BCUT2D eigenvalue weighted by atomic mass is 16.6. The van der Waals surface area contributed by atoms with E-state index in [0.29, 0.717) is 26.2 Å². The first kappa shape index (κ1) is 19.1. The lowest BCUT2D eigenvalue weighted by atomic mass is 9.93. The van der Waals surface area contributed by atoms with E-state index in [9.17, 15) is 4.79 Å². The number of rotatable bonds is 6. The van der Waals surface area contributed by atoms with Crippen LogP contribution in [0.15, 0.2) is 36.4 Å². The zero-order valence-corrected chi connectivity index (χ0v) is 16.4. The predicted octanol–water partition coefficient (Wildman–Crippen LogP) is 3.90. The molecule has 0 aliphatic carbocycles. The van der Waals surface area contributed by atoms with Crippen molar-refractivity contribution in [3.8, 4) is 17.2 Å². The zero-order valence-electron chi connectivity index (χ0n) is 16.4. The Morgan fingerprint density at radius 1 is 1.07 bits per heavy atom. The number of carbonyl (C=O) groups excluding carboxylic acids is 1. The third kappa shape index (κ3) is 4.73. The van der Waals surface area contributed by atoms with Crippen LogP contribution < -0.4 is 19.5 Å². The zero-order chi connectivity index (χ0) is 19.4. The van der Waals surface area contributed by atoms with Crippen LogP contribution in [0.4, 0.5) is 0 Å². The number of fused-ring (bicyclic) bond motifs is 1. The van der Waals surface area contributed by atoms with Crippen LogP contribution in [0.5, 0.6) is 17.2 Å². The van der Waals surface area contributed by atoms with Crippen molar-refractivity contribution in [1.82, 2.24) is 5.32 Å². The van der Waals surface area contributed by atoms with E-state index in [1.807, 2.05) is 58.0 Å². The maximum Gasteiger partial charge on any atom is 0.224 e. The molecule has 0 spiro atoms. The van der Waals surface area contributed by atoms with Crippen LogP contribution in [-0.2, 0) is 10.3 Å². The molecular weight excluding hydrogens is 342 g/mol. The van der Waals surface area contributed by atoms with E-state index in [4.69, 9.17) is 14.2 Å². The SMILES string of the molecule is Cc1ccc(OCCC(=O)NC(C)(C)c2ccc3c(c2)OCCO3)c(C)c1. The summed E-state index contributed by atoms with van der Waals surface area (Å²) < 4.78 is 17.0. The molecule has 0 atom stereocenters. The summed E-state index contributed by atoms with van der Waals surface area (Å²) >= 11 is 0. The summed E-state index contributed by atoms with van der Waals surface area (Å²) in [7, 11) is 0. The van der Waals surface area contributed by atoms with Crippen LogP contribution in [0.25, 0.3) is 0 Å². The summed E-state index contributed by atoms with van der Waals surface area (Å²) in [6.07, 6.45) is 0.293. The number of ether oxygens (including phenoxy) is 3. The van der Waals surface area contributed by atoms with Crippen molar-refractivity contribution in [2.24, 2.45) is 0 Å². The maximum absolute atomic E-state index is 12.4. The first-order valence-electron chi connectivity index (χ1n) is 9.26. The first-order valence-corrected chi connectivity index (χ1v) is 9.26. The Morgan fingerprint density at radius 2 is 1.81 bits per heavy atom. The number of nitrogens with one attached hydrogen (secondary N) is 1. The number of amides is 1. The van der Waals surface area contributed by atoms with Crippen LogP contribution in [0.3, 0.4) is 0 Å². The van der Waals surface area contributed by atoms with Gasteiger partial charge in [0.15, 0.2) is 11.5 Å². The van der Waals surface area contributed by atoms with Crippen molar-refractivity contribution in [2.45, 2.75) is 39.7 Å². The molecular formula is C22H27NO4. The molecule has 5 heteroatoms. The Morgan fingerprint density at radius 3 is 2.56 bits per heavy atom. The summed E-state index contributed by atoms with van der Waals surface area (Å²) in [5.74, 6) is 2.23. The summed E-state index contributed by atoms with van der Waals surface area (Å²) in [5, 5.41) is 3.07. The number of aryl methyl sites for hydroxylation is 2. The number of hydrogen-bond acceptors (Lipinski definition) is 4. The van der Waals surface area contributed by atoms with Gasteiger partial charge < -0.3 is 19.5 Å². The number of carbonyl (C=O) groups is 1. The normalized spacial score (nSPS) is 13.2. The molecule has 1 amide bonds. The van der Waals surface area contributed by atoms with Crippen LogP contribution in [0.2, 0.25) is 0 Å². The van der Waals surface area contributed by atoms with E-state index in [0.717, 1.165) is 28.4 Å². The van der Waals surface area contributed by atoms with E-state index in [-0.39, 0.29) is 5.91 Å². The fraction of sp³-hybridized carbons (Fsp3) is 0.409. The van der Waals surface area contributed by atoms with Gasteiger partial charge in [0.25, 0.3) is 0 Å². The van der Waals surface area contributed by atoms with Crippen molar-refractivity contribution in [3.63, 3.8) is 0 Å². The van der Waals surface area contributed by atoms with Crippen LogP contribution >= 0.6 is 0 Å². The minimum absolute atomic E-state index is 0.0559. The molecule has 0 saturated heterocycles. The topological polar surface area (TPSA) is 56.8 Å². The molecule has 27 heavy (non-hydrogen) atoms. The third-order valence-electron chi connectivity index (χ3n) is 4.63. The van der Waals surface area contributed by atoms with E-state index in [1.165, 1.54) is 5.56 Å². The van der Waals surface area contributed by atoms with Gasteiger partial charge >= 0.3 is 0 Å². The minimum Gasteiger partial charge on any atom is -0.493 e. The largest absolute Gasteiger partial charge is 0.493 e. The van der Waals surface area contributed by atoms with Crippen molar-refractivity contribution in [3.05, 3.63) is 53.1 Å². The Bertz CT molecular complexity index is 829. The molecule has 1 heterocycles. The molecule has 0 fully saturated rings. The average Bonchev–Trinajstić information content (AvgIpc) is 2.62. The standard InChI is InChI=1S/C22H27NO4/c1-15-5-7-18(16(2)13-15)25-10-9-21(24)23-22(3,4)17-6-8-19-20(14-17)27-12-11-26-19/h5-8,13-14H,9-12H2,1-4H3,(H,23,24). The molecule has 0 radical (unpaired) electrons. The molecule has 1 aliphatic rings. The van der Waals surface area contributed by atoms with Crippen LogP contribution in [0, 0.1) is 13.8 Å². The van der Waals surface area contributed by atoms with Crippen molar-refractivity contribution < 1.29 is 19.0 Å². The van der Waals surface area contributed by atoms with Crippen LogP contribution in [0.1, 0.15) is 37.0 Å². The maximum atomic E-state index is 12.4. The van der Waals surface area contributed by atoms with Crippen molar-refractivity contribution in [2.75, 3.05) is 19.8 Å². The molecule has 0 aromatic heterocycles. The molecule has 0 bridgehead atoms. The van der Waals surface area contributed by atoms with Gasteiger partial charge in [-0.25, -0.2) is 0 Å². The van der Waals surface area contributed by atoms with Gasteiger partial charge in [-0.2, -0.15) is 0 Å². The van der Waals surface area contributed by atoms with Gasteiger partial charge in [-0.05, 0) is 57.0 Å². The molecule has 144 valence electrons. The highest BCUT2D eigenvalue weighted by molar-refractivity contribution is 5.77. The second-order valence-corrected chi connectivity index (χ2v) is 7.40. The lowest BCUT2D eigenvalue weighted by Crippen LogP contribution is -2.41. The molecule has 5 nitrogen and oxygen atoms in total. The van der Waals surface area contributed by atoms with Crippen molar-refractivity contribution >= 4 is 5.91 Å². The predicted molar refractivity (Wildman–Crippen MR) is 105 cm³/mol.